The van der Waals surface area contributed by atoms with E-state index < -0.39 is 11.5 Å². The van der Waals surface area contributed by atoms with Crippen LogP contribution in [0.2, 0.25) is 0 Å². The third-order valence-electron chi connectivity index (χ3n) is 4.97. The van der Waals surface area contributed by atoms with Crippen molar-refractivity contribution in [2.75, 3.05) is 18.6 Å². The van der Waals surface area contributed by atoms with Gasteiger partial charge in [-0.05, 0) is 30.0 Å². The van der Waals surface area contributed by atoms with Gasteiger partial charge in [0.2, 0.25) is 11.8 Å². The molecule has 27 heavy (non-hydrogen) atoms. The van der Waals surface area contributed by atoms with Crippen LogP contribution in [0.15, 0.2) is 41.5 Å². The number of carboxylic acid groups (broad SMARTS) is 1. The zero-order valence-electron chi connectivity index (χ0n) is 14.5. The van der Waals surface area contributed by atoms with Gasteiger partial charge in [0.1, 0.15) is 0 Å². The van der Waals surface area contributed by atoms with Gasteiger partial charge in [-0.15, -0.1) is 11.8 Å². The molecule has 2 amide bonds. The van der Waals surface area contributed by atoms with Gasteiger partial charge in [-0.3, -0.25) is 9.59 Å². The van der Waals surface area contributed by atoms with Crippen LogP contribution in [-0.4, -0.2) is 57.3 Å². The SMILES string of the molecule is COc1ccc(N2CC/C(=C\C3(C(=O)O)C=CSC4CC(=O)N43)C2=O)cn1. The maximum atomic E-state index is 12.9. The third-order valence-corrected chi connectivity index (χ3v) is 5.95. The summed E-state index contributed by atoms with van der Waals surface area (Å²) in [4.78, 5) is 44.0. The number of rotatable bonds is 4. The molecule has 3 aliphatic rings. The number of fused-ring (bicyclic) bond motifs is 1. The minimum Gasteiger partial charge on any atom is -0.481 e. The van der Waals surface area contributed by atoms with Gasteiger partial charge in [0.05, 0.1) is 30.8 Å². The van der Waals surface area contributed by atoms with Crippen LogP contribution in [0, 0.1) is 0 Å². The van der Waals surface area contributed by atoms with E-state index in [9.17, 15) is 19.5 Å². The fraction of sp³-hybridized carbons (Fsp3) is 0.333. The Bertz CT molecular complexity index is 881. The van der Waals surface area contributed by atoms with E-state index in [4.69, 9.17) is 4.74 Å². The number of thioether (sulfide) groups is 1. The molecule has 1 N–H and O–H groups in total. The highest BCUT2D eigenvalue weighted by molar-refractivity contribution is 8.02. The summed E-state index contributed by atoms with van der Waals surface area (Å²) < 4.78 is 5.02. The van der Waals surface area contributed by atoms with E-state index in [1.807, 2.05) is 0 Å². The average Bonchev–Trinajstić information content (AvgIpc) is 3.01. The summed E-state index contributed by atoms with van der Waals surface area (Å²) in [6, 6.07) is 3.39. The van der Waals surface area contributed by atoms with Gasteiger partial charge in [-0.2, -0.15) is 0 Å². The van der Waals surface area contributed by atoms with Crippen LogP contribution in [0.5, 0.6) is 5.88 Å². The van der Waals surface area contributed by atoms with Crippen molar-refractivity contribution in [2.24, 2.45) is 0 Å². The summed E-state index contributed by atoms with van der Waals surface area (Å²) in [5.74, 6) is -1.23. The number of aliphatic carboxylic acids is 1. The lowest BCUT2D eigenvalue weighted by Crippen LogP contribution is -2.66. The highest BCUT2D eigenvalue weighted by Gasteiger charge is 2.55. The Morgan fingerprint density at radius 1 is 1.44 bits per heavy atom. The number of hydrogen-bond donors (Lipinski definition) is 1. The molecule has 3 aliphatic heterocycles. The van der Waals surface area contributed by atoms with Crippen molar-refractivity contribution >= 4 is 35.2 Å². The molecule has 2 saturated heterocycles. The Kier molecular flexibility index (Phi) is 4.18. The van der Waals surface area contributed by atoms with Crippen molar-refractivity contribution in [1.29, 1.82) is 0 Å². The number of anilines is 1. The van der Waals surface area contributed by atoms with Crippen molar-refractivity contribution in [2.45, 2.75) is 23.8 Å². The number of carboxylic acids is 1. The van der Waals surface area contributed by atoms with E-state index in [-0.39, 0.29) is 17.2 Å². The maximum absolute atomic E-state index is 12.9. The molecule has 9 heteroatoms. The molecule has 0 aliphatic carbocycles. The molecule has 0 bridgehead atoms. The number of carbonyl (C=O) groups is 3. The number of aromatic nitrogens is 1. The topological polar surface area (TPSA) is 100 Å². The largest absolute Gasteiger partial charge is 0.481 e. The van der Waals surface area contributed by atoms with Crippen LogP contribution in [0.3, 0.4) is 0 Å². The first-order valence-corrected chi connectivity index (χ1v) is 9.33. The molecule has 0 spiro atoms. The Hall–Kier alpha value is -2.81. The zero-order chi connectivity index (χ0) is 19.2. The lowest BCUT2D eigenvalue weighted by Gasteiger charge is -2.50. The molecule has 1 aromatic heterocycles. The summed E-state index contributed by atoms with van der Waals surface area (Å²) >= 11 is 1.41. The number of pyridine rings is 1. The molecule has 2 unspecified atom stereocenters. The van der Waals surface area contributed by atoms with Gasteiger partial charge in [0, 0.05) is 18.2 Å². The summed E-state index contributed by atoms with van der Waals surface area (Å²) in [7, 11) is 1.51. The van der Waals surface area contributed by atoms with Gasteiger partial charge in [0.15, 0.2) is 5.54 Å². The quantitative estimate of drug-likeness (QED) is 0.616. The summed E-state index contributed by atoms with van der Waals surface area (Å²) in [5.41, 5.74) is -0.617. The van der Waals surface area contributed by atoms with Crippen LogP contribution in [-0.2, 0) is 14.4 Å². The highest BCUT2D eigenvalue weighted by Crippen LogP contribution is 2.43. The molecule has 8 nitrogen and oxygen atoms in total. The molecule has 2 atom stereocenters. The molecular formula is C18H17N3O5S. The maximum Gasteiger partial charge on any atom is 0.337 e. The van der Waals surface area contributed by atoms with Gasteiger partial charge in [-0.25, -0.2) is 9.78 Å². The number of carbonyl (C=O) groups excluding carboxylic acids is 2. The van der Waals surface area contributed by atoms with E-state index in [2.05, 4.69) is 4.98 Å². The number of ether oxygens (including phenoxy) is 1. The summed E-state index contributed by atoms with van der Waals surface area (Å²) in [5, 5.41) is 11.4. The first kappa shape index (κ1) is 17.6. The first-order valence-electron chi connectivity index (χ1n) is 8.38. The van der Waals surface area contributed by atoms with E-state index in [0.717, 1.165) is 0 Å². The molecular weight excluding hydrogens is 370 g/mol. The standard InChI is InChI=1S/C18H17N3O5S/c1-26-13-3-2-12(10-19-13)20-6-4-11(16(20)23)9-18(17(24)25)5-7-27-15-8-14(22)21(15)18/h2-3,5,7,9-10,15H,4,6,8H2,1H3,(H,24,25)/b11-9+. The van der Waals surface area contributed by atoms with Gasteiger partial charge in [0.25, 0.3) is 5.91 Å². The molecule has 0 radical (unpaired) electrons. The van der Waals surface area contributed by atoms with Crippen LogP contribution in [0.1, 0.15) is 12.8 Å². The molecule has 0 aromatic carbocycles. The van der Waals surface area contributed by atoms with Crippen molar-refractivity contribution in [3.63, 3.8) is 0 Å². The number of amides is 2. The van der Waals surface area contributed by atoms with Crippen molar-refractivity contribution in [1.82, 2.24) is 9.88 Å². The Morgan fingerprint density at radius 2 is 2.26 bits per heavy atom. The molecule has 1 aromatic rings. The normalized spacial score (nSPS) is 28.3. The predicted octanol–water partition coefficient (Wildman–Crippen LogP) is 1.40. The second-order valence-electron chi connectivity index (χ2n) is 6.43. The number of hydrogen-bond acceptors (Lipinski definition) is 6. The Morgan fingerprint density at radius 3 is 2.89 bits per heavy atom. The van der Waals surface area contributed by atoms with Crippen molar-refractivity contribution in [3.05, 3.63) is 41.5 Å². The van der Waals surface area contributed by atoms with Crippen LogP contribution >= 0.6 is 11.8 Å². The number of nitrogens with zero attached hydrogens (tertiary/aromatic N) is 3. The average molecular weight is 387 g/mol. The molecule has 2 fully saturated rings. The highest BCUT2D eigenvalue weighted by atomic mass is 32.2. The summed E-state index contributed by atoms with van der Waals surface area (Å²) in [6.45, 7) is 0.421. The number of methoxy groups -OCH3 is 1. The third kappa shape index (κ3) is 2.69. The molecule has 140 valence electrons. The van der Waals surface area contributed by atoms with Crippen LogP contribution in [0.25, 0.3) is 0 Å². The fourth-order valence-electron chi connectivity index (χ4n) is 3.52. The second-order valence-corrected chi connectivity index (χ2v) is 7.52. The monoisotopic (exact) mass is 387 g/mol. The molecule has 4 rings (SSSR count). The van der Waals surface area contributed by atoms with E-state index >= 15 is 0 Å². The first-order chi connectivity index (χ1) is 13.0. The van der Waals surface area contributed by atoms with Crippen LogP contribution in [0.4, 0.5) is 5.69 Å². The molecule has 0 saturated carbocycles. The minimum atomic E-state index is -1.61. The number of β-lactam (4-membered cyclic amide) rings is 1. The molecule has 4 heterocycles. The van der Waals surface area contributed by atoms with Crippen molar-refractivity contribution in [3.8, 4) is 5.88 Å². The lowest BCUT2D eigenvalue weighted by atomic mass is 9.89. The van der Waals surface area contributed by atoms with Gasteiger partial charge >= 0.3 is 5.97 Å². The predicted molar refractivity (Wildman–Crippen MR) is 98.2 cm³/mol. The van der Waals surface area contributed by atoms with E-state index in [1.165, 1.54) is 35.9 Å². The Balaban J connectivity index is 1.66. The second kappa shape index (κ2) is 6.41. The van der Waals surface area contributed by atoms with Gasteiger partial charge < -0.3 is 19.6 Å². The summed E-state index contributed by atoms with van der Waals surface area (Å²) in [6.07, 6.45) is 5.15. The van der Waals surface area contributed by atoms with Crippen LogP contribution < -0.4 is 9.64 Å². The van der Waals surface area contributed by atoms with E-state index in [0.29, 0.717) is 36.5 Å². The zero-order valence-corrected chi connectivity index (χ0v) is 15.3. The van der Waals surface area contributed by atoms with E-state index in [1.54, 1.807) is 28.6 Å². The minimum absolute atomic E-state index is 0.200. The Labute approximate surface area is 159 Å². The fourth-order valence-corrected chi connectivity index (χ4v) is 4.64. The lowest BCUT2D eigenvalue weighted by molar-refractivity contribution is -0.160. The van der Waals surface area contributed by atoms with Crippen molar-refractivity contribution < 1.29 is 24.2 Å². The smallest absolute Gasteiger partial charge is 0.337 e. The van der Waals surface area contributed by atoms with Gasteiger partial charge in [-0.1, -0.05) is 0 Å².